The first kappa shape index (κ1) is 19.2. The molecule has 3 unspecified atom stereocenters. The van der Waals surface area contributed by atoms with E-state index in [0.717, 1.165) is 38.6 Å². The van der Waals surface area contributed by atoms with Crippen molar-refractivity contribution in [2.45, 2.75) is 45.4 Å². The highest BCUT2D eigenvalue weighted by Crippen LogP contribution is 2.38. The molecule has 2 saturated heterocycles. The fourth-order valence-electron chi connectivity index (χ4n) is 4.22. The molecule has 1 saturated carbocycles. The van der Waals surface area contributed by atoms with E-state index in [4.69, 9.17) is 5.73 Å². The molecule has 3 aliphatic rings. The summed E-state index contributed by atoms with van der Waals surface area (Å²) in [5.74, 6) is -0.337. The van der Waals surface area contributed by atoms with Gasteiger partial charge in [-0.3, -0.25) is 19.3 Å². The van der Waals surface area contributed by atoms with Gasteiger partial charge in [-0.05, 0) is 31.2 Å². The summed E-state index contributed by atoms with van der Waals surface area (Å²) in [7, 11) is 0. The first-order valence-corrected chi connectivity index (χ1v) is 8.78. The van der Waals surface area contributed by atoms with Gasteiger partial charge in [-0.15, -0.1) is 12.4 Å². The van der Waals surface area contributed by atoms with Crippen molar-refractivity contribution in [3.8, 4) is 0 Å². The minimum Gasteiger partial charge on any atom is -0.342 e. The molecule has 6 nitrogen and oxygen atoms in total. The second-order valence-corrected chi connectivity index (χ2v) is 7.66. The van der Waals surface area contributed by atoms with Crippen LogP contribution >= 0.6 is 12.4 Å². The molecule has 2 aliphatic heterocycles. The Morgan fingerprint density at radius 1 is 1.21 bits per heavy atom. The maximum absolute atomic E-state index is 12.4. The van der Waals surface area contributed by atoms with Crippen LogP contribution in [-0.2, 0) is 14.4 Å². The van der Waals surface area contributed by atoms with E-state index in [1.165, 1.54) is 4.90 Å². The minimum atomic E-state index is -0.126. The molecule has 2 heterocycles. The molecule has 0 aromatic heterocycles. The number of nitrogens with two attached hydrogens (primary N) is 1. The summed E-state index contributed by atoms with van der Waals surface area (Å²) in [6.07, 6.45) is 4.84. The topological polar surface area (TPSA) is 83.7 Å². The van der Waals surface area contributed by atoms with Gasteiger partial charge in [0.15, 0.2) is 0 Å². The lowest BCUT2D eigenvalue weighted by Gasteiger charge is -2.23. The van der Waals surface area contributed by atoms with Gasteiger partial charge in [0.05, 0.1) is 11.8 Å². The molecule has 0 aromatic carbocycles. The lowest BCUT2D eigenvalue weighted by molar-refractivity contribution is -0.140. The Kier molecular flexibility index (Phi) is 5.91. The summed E-state index contributed by atoms with van der Waals surface area (Å²) < 4.78 is 0. The Labute approximate surface area is 149 Å². The first-order chi connectivity index (χ1) is 10.9. The zero-order valence-corrected chi connectivity index (χ0v) is 15.1. The Balaban J connectivity index is 0.00000208. The standard InChI is InChI=1S/C17H27N3O3.ClH/c1-17(10-18)7-9-19(11-17)14(21)6-8-20-15(22)12-4-2-3-5-13(12)16(20)23;/h12-13H,2-11,18H2,1H3;1H. The molecule has 3 amide bonds. The molecule has 0 spiro atoms. The number of imide groups is 1. The van der Waals surface area contributed by atoms with Crippen molar-refractivity contribution in [3.63, 3.8) is 0 Å². The molecule has 0 radical (unpaired) electrons. The predicted octanol–water partition coefficient (Wildman–Crippen LogP) is 1.17. The van der Waals surface area contributed by atoms with Gasteiger partial charge in [-0.2, -0.15) is 0 Å². The van der Waals surface area contributed by atoms with E-state index < -0.39 is 0 Å². The lowest BCUT2D eigenvalue weighted by atomic mass is 9.81. The van der Waals surface area contributed by atoms with Gasteiger partial charge in [0.25, 0.3) is 0 Å². The highest BCUT2D eigenvalue weighted by atomic mass is 35.5. The van der Waals surface area contributed by atoms with Crippen LogP contribution in [-0.4, -0.2) is 53.7 Å². The Hall–Kier alpha value is -1.14. The second kappa shape index (κ2) is 7.40. The van der Waals surface area contributed by atoms with Gasteiger partial charge < -0.3 is 10.6 Å². The van der Waals surface area contributed by atoms with Crippen LogP contribution in [0, 0.1) is 17.3 Å². The van der Waals surface area contributed by atoms with E-state index in [1.807, 2.05) is 4.90 Å². The van der Waals surface area contributed by atoms with Gasteiger partial charge in [0, 0.05) is 26.1 Å². The van der Waals surface area contributed by atoms with Crippen molar-refractivity contribution in [1.29, 1.82) is 0 Å². The quantitative estimate of drug-likeness (QED) is 0.765. The molecule has 0 aromatic rings. The Morgan fingerprint density at radius 2 is 1.79 bits per heavy atom. The van der Waals surface area contributed by atoms with E-state index in [2.05, 4.69) is 6.92 Å². The van der Waals surface area contributed by atoms with Crippen molar-refractivity contribution in [2.24, 2.45) is 23.0 Å². The largest absolute Gasteiger partial charge is 0.342 e. The fourth-order valence-corrected chi connectivity index (χ4v) is 4.22. The van der Waals surface area contributed by atoms with E-state index in [0.29, 0.717) is 13.1 Å². The zero-order chi connectivity index (χ0) is 16.6. The Bertz CT molecular complexity index is 503. The van der Waals surface area contributed by atoms with Crippen molar-refractivity contribution in [3.05, 3.63) is 0 Å². The van der Waals surface area contributed by atoms with Crippen LogP contribution in [0.4, 0.5) is 0 Å². The maximum atomic E-state index is 12.4. The predicted molar refractivity (Wildman–Crippen MR) is 92.4 cm³/mol. The normalized spacial score (nSPS) is 32.8. The molecule has 3 atom stereocenters. The number of nitrogens with zero attached hydrogens (tertiary/aromatic N) is 2. The third kappa shape index (κ3) is 3.45. The average molecular weight is 358 g/mol. The number of hydrogen-bond donors (Lipinski definition) is 1. The van der Waals surface area contributed by atoms with Gasteiger partial charge in [0.2, 0.25) is 17.7 Å². The van der Waals surface area contributed by atoms with Crippen LogP contribution in [0.5, 0.6) is 0 Å². The van der Waals surface area contributed by atoms with Crippen molar-refractivity contribution >= 4 is 30.1 Å². The van der Waals surface area contributed by atoms with Crippen LogP contribution < -0.4 is 5.73 Å². The van der Waals surface area contributed by atoms with Crippen molar-refractivity contribution in [2.75, 3.05) is 26.2 Å². The highest BCUT2D eigenvalue weighted by Gasteiger charge is 2.48. The lowest BCUT2D eigenvalue weighted by Crippen LogP contribution is -2.38. The number of halogens is 1. The van der Waals surface area contributed by atoms with E-state index >= 15 is 0 Å². The molecular weight excluding hydrogens is 330 g/mol. The average Bonchev–Trinajstić information content (AvgIpc) is 3.07. The molecule has 3 rings (SSSR count). The van der Waals surface area contributed by atoms with E-state index in [9.17, 15) is 14.4 Å². The molecule has 24 heavy (non-hydrogen) atoms. The Morgan fingerprint density at radius 3 is 2.29 bits per heavy atom. The number of amides is 3. The number of carbonyl (C=O) groups excluding carboxylic acids is 3. The third-order valence-electron chi connectivity index (χ3n) is 5.89. The monoisotopic (exact) mass is 357 g/mol. The van der Waals surface area contributed by atoms with Crippen molar-refractivity contribution in [1.82, 2.24) is 9.80 Å². The minimum absolute atomic E-state index is 0. The molecule has 1 aliphatic carbocycles. The van der Waals surface area contributed by atoms with E-state index in [-0.39, 0.29) is 60.3 Å². The highest BCUT2D eigenvalue weighted by molar-refractivity contribution is 6.05. The molecule has 2 N–H and O–H groups in total. The molecule has 136 valence electrons. The second-order valence-electron chi connectivity index (χ2n) is 7.66. The summed E-state index contributed by atoms with van der Waals surface area (Å²) >= 11 is 0. The van der Waals surface area contributed by atoms with Crippen LogP contribution in [0.15, 0.2) is 0 Å². The summed E-state index contributed by atoms with van der Waals surface area (Å²) in [6.45, 7) is 4.30. The third-order valence-corrected chi connectivity index (χ3v) is 5.89. The number of fused-ring (bicyclic) bond motifs is 1. The van der Waals surface area contributed by atoms with Gasteiger partial charge in [0.1, 0.15) is 0 Å². The SMILES string of the molecule is CC1(CN)CCN(C(=O)CCN2C(=O)C3CCCCC3C2=O)C1.Cl. The number of carbonyl (C=O) groups is 3. The summed E-state index contributed by atoms with van der Waals surface area (Å²) in [5.41, 5.74) is 5.78. The molecule has 3 fully saturated rings. The number of hydrogen-bond acceptors (Lipinski definition) is 4. The van der Waals surface area contributed by atoms with Crippen LogP contribution in [0.25, 0.3) is 0 Å². The number of likely N-dealkylation sites (tertiary alicyclic amines) is 2. The van der Waals surface area contributed by atoms with E-state index in [1.54, 1.807) is 0 Å². The van der Waals surface area contributed by atoms with Crippen LogP contribution in [0.3, 0.4) is 0 Å². The molecular formula is C17H28ClN3O3. The molecule has 7 heteroatoms. The summed E-state index contributed by atoms with van der Waals surface area (Å²) in [5, 5.41) is 0. The number of rotatable bonds is 4. The molecule has 0 bridgehead atoms. The van der Waals surface area contributed by atoms with Crippen LogP contribution in [0.1, 0.15) is 45.4 Å². The fraction of sp³-hybridized carbons (Fsp3) is 0.824. The smallest absolute Gasteiger partial charge is 0.233 e. The van der Waals surface area contributed by atoms with Gasteiger partial charge >= 0.3 is 0 Å². The summed E-state index contributed by atoms with van der Waals surface area (Å²) in [6, 6.07) is 0. The van der Waals surface area contributed by atoms with Gasteiger partial charge in [-0.1, -0.05) is 19.8 Å². The zero-order valence-electron chi connectivity index (χ0n) is 14.3. The maximum Gasteiger partial charge on any atom is 0.233 e. The first-order valence-electron chi connectivity index (χ1n) is 8.78. The summed E-state index contributed by atoms with van der Waals surface area (Å²) in [4.78, 5) is 40.3. The van der Waals surface area contributed by atoms with Gasteiger partial charge in [-0.25, -0.2) is 0 Å². The van der Waals surface area contributed by atoms with Crippen molar-refractivity contribution < 1.29 is 14.4 Å². The van der Waals surface area contributed by atoms with Crippen LogP contribution in [0.2, 0.25) is 0 Å².